The summed E-state index contributed by atoms with van der Waals surface area (Å²) in [5.74, 6) is 2.47. The van der Waals surface area contributed by atoms with E-state index in [4.69, 9.17) is 9.47 Å². The third-order valence-electron chi connectivity index (χ3n) is 4.20. The molecule has 1 unspecified atom stereocenters. The number of likely N-dealkylation sites (N-methyl/N-ethyl adjacent to an activating group) is 1. The fourth-order valence-electron chi connectivity index (χ4n) is 2.95. The van der Waals surface area contributed by atoms with Gasteiger partial charge in [0, 0.05) is 43.2 Å². The lowest BCUT2D eigenvalue weighted by Crippen LogP contribution is -2.33. The Labute approximate surface area is 130 Å². The van der Waals surface area contributed by atoms with Gasteiger partial charge in [0.1, 0.15) is 12.2 Å². The van der Waals surface area contributed by atoms with Crippen molar-refractivity contribution in [1.29, 1.82) is 0 Å². The second-order valence-electron chi connectivity index (χ2n) is 5.79. The van der Waals surface area contributed by atoms with Gasteiger partial charge in [0.2, 0.25) is 0 Å². The number of aromatic amines is 1. The molecule has 3 rings (SSSR count). The third kappa shape index (κ3) is 4.18. The molecule has 1 aromatic heterocycles. The zero-order valence-electron chi connectivity index (χ0n) is 12.5. The lowest BCUT2D eigenvalue weighted by atomic mass is 10.0. The fraction of sp³-hybridized carbons (Fsp3) is 0.857. The first-order valence-corrected chi connectivity index (χ1v) is 8.72. The van der Waals surface area contributed by atoms with Gasteiger partial charge >= 0.3 is 0 Å². The normalized spacial score (nSPS) is 29.5. The smallest absolute Gasteiger partial charge is 0.137 e. The molecule has 2 aliphatic heterocycles. The number of thioether (sulfide) groups is 1. The number of hydrogen-bond acceptors (Lipinski definition) is 6. The van der Waals surface area contributed by atoms with Crippen LogP contribution in [-0.2, 0) is 9.47 Å². The Balaban J connectivity index is 1.40. The molecular weight excluding hydrogens is 288 g/mol. The zero-order chi connectivity index (χ0) is 14.5. The summed E-state index contributed by atoms with van der Waals surface area (Å²) in [5.41, 5.74) is 0. The predicted octanol–water partition coefficient (Wildman–Crippen LogP) is 1.13. The Morgan fingerprint density at radius 3 is 3.14 bits per heavy atom. The maximum absolute atomic E-state index is 5.88. The molecule has 21 heavy (non-hydrogen) atoms. The molecule has 0 spiro atoms. The Kier molecular flexibility index (Phi) is 5.51. The first kappa shape index (κ1) is 15.3. The van der Waals surface area contributed by atoms with E-state index in [1.54, 1.807) is 6.33 Å². The van der Waals surface area contributed by atoms with Crippen molar-refractivity contribution < 1.29 is 9.47 Å². The molecule has 0 aliphatic carbocycles. The molecule has 118 valence electrons. The minimum atomic E-state index is 0.225. The summed E-state index contributed by atoms with van der Waals surface area (Å²) >= 11 is 2.03. The Morgan fingerprint density at radius 2 is 2.38 bits per heavy atom. The Morgan fingerprint density at radius 1 is 1.43 bits per heavy atom. The van der Waals surface area contributed by atoms with E-state index in [0.717, 1.165) is 50.9 Å². The number of aromatic nitrogens is 3. The largest absolute Gasteiger partial charge is 0.380 e. The van der Waals surface area contributed by atoms with Crippen LogP contribution in [0.2, 0.25) is 0 Å². The van der Waals surface area contributed by atoms with Gasteiger partial charge in [0.15, 0.2) is 0 Å². The number of ether oxygens (including phenoxy) is 2. The summed E-state index contributed by atoms with van der Waals surface area (Å²) in [6, 6.07) is 0. The summed E-state index contributed by atoms with van der Waals surface area (Å²) in [5, 5.41) is 7.64. The molecular formula is C14H24N4O2S. The quantitative estimate of drug-likeness (QED) is 0.814. The van der Waals surface area contributed by atoms with Crippen LogP contribution in [0.4, 0.5) is 0 Å². The summed E-state index contributed by atoms with van der Waals surface area (Å²) in [4.78, 5) is 6.65. The molecule has 0 amide bonds. The van der Waals surface area contributed by atoms with E-state index in [1.807, 2.05) is 11.8 Å². The van der Waals surface area contributed by atoms with Crippen molar-refractivity contribution >= 4 is 11.8 Å². The van der Waals surface area contributed by atoms with Gasteiger partial charge in [-0.1, -0.05) is 0 Å². The molecule has 0 bridgehead atoms. The van der Waals surface area contributed by atoms with Crippen LogP contribution < -0.4 is 0 Å². The molecule has 7 heteroatoms. The molecule has 0 radical (unpaired) electrons. The average molecular weight is 312 g/mol. The van der Waals surface area contributed by atoms with Crippen molar-refractivity contribution in [3.05, 3.63) is 12.2 Å². The van der Waals surface area contributed by atoms with Gasteiger partial charge < -0.3 is 14.4 Å². The predicted molar refractivity (Wildman–Crippen MR) is 82.7 cm³/mol. The van der Waals surface area contributed by atoms with E-state index in [1.165, 1.54) is 6.42 Å². The number of rotatable bonds is 7. The van der Waals surface area contributed by atoms with Gasteiger partial charge in [-0.2, -0.15) is 16.9 Å². The van der Waals surface area contributed by atoms with Gasteiger partial charge in [-0.25, -0.2) is 4.98 Å². The molecule has 2 aliphatic rings. The monoisotopic (exact) mass is 312 g/mol. The fourth-order valence-corrected chi connectivity index (χ4v) is 4.16. The van der Waals surface area contributed by atoms with E-state index in [2.05, 4.69) is 27.1 Å². The van der Waals surface area contributed by atoms with Crippen LogP contribution in [0.1, 0.15) is 24.6 Å². The van der Waals surface area contributed by atoms with Gasteiger partial charge in [-0.05, 0) is 19.9 Å². The van der Waals surface area contributed by atoms with Crippen LogP contribution in [-0.4, -0.2) is 77.1 Å². The maximum Gasteiger partial charge on any atom is 0.137 e. The highest BCUT2D eigenvalue weighted by molar-refractivity contribution is 7.99. The van der Waals surface area contributed by atoms with Crippen LogP contribution in [0.5, 0.6) is 0 Å². The van der Waals surface area contributed by atoms with Gasteiger partial charge in [0.05, 0.1) is 12.7 Å². The molecule has 1 aromatic rings. The van der Waals surface area contributed by atoms with Crippen molar-refractivity contribution in [2.75, 3.05) is 45.7 Å². The minimum Gasteiger partial charge on any atom is -0.380 e. The highest BCUT2D eigenvalue weighted by Crippen LogP contribution is 2.29. The lowest BCUT2D eigenvalue weighted by Gasteiger charge is -2.24. The van der Waals surface area contributed by atoms with E-state index >= 15 is 0 Å². The molecule has 3 heterocycles. The second-order valence-corrected chi connectivity index (χ2v) is 7.20. The topological polar surface area (TPSA) is 63.3 Å². The number of hydrogen-bond donors (Lipinski definition) is 1. The number of nitrogens with one attached hydrogen (secondary N) is 1. The van der Waals surface area contributed by atoms with Crippen LogP contribution in [0.15, 0.2) is 6.33 Å². The second kappa shape index (κ2) is 7.58. The van der Waals surface area contributed by atoms with Gasteiger partial charge in [-0.3, -0.25) is 5.10 Å². The number of nitrogens with zero attached hydrogens (tertiary/aromatic N) is 3. The molecule has 2 fully saturated rings. The third-order valence-corrected chi connectivity index (χ3v) is 5.46. The van der Waals surface area contributed by atoms with Crippen molar-refractivity contribution in [1.82, 2.24) is 20.1 Å². The standard InChI is InChI=1S/C14H24N4O2S/c1-18(4-7-21-11-2-5-19-9-11)8-13-12(3-6-20-13)14-15-10-16-17-14/h10-13H,2-9H2,1H3,(H,15,16,17)/t11?,12-,13-/m0/s1. The van der Waals surface area contributed by atoms with Crippen molar-refractivity contribution in [2.45, 2.75) is 30.1 Å². The van der Waals surface area contributed by atoms with E-state index in [9.17, 15) is 0 Å². The van der Waals surface area contributed by atoms with Crippen LogP contribution in [0, 0.1) is 0 Å². The van der Waals surface area contributed by atoms with Crippen molar-refractivity contribution in [3.8, 4) is 0 Å². The van der Waals surface area contributed by atoms with Gasteiger partial charge in [-0.15, -0.1) is 0 Å². The Bertz CT molecular complexity index is 411. The Hall–Kier alpha value is -0.630. The maximum atomic E-state index is 5.88. The van der Waals surface area contributed by atoms with E-state index in [-0.39, 0.29) is 6.10 Å². The minimum absolute atomic E-state index is 0.225. The molecule has 0 aromatic carbocycles. The summed E-state index contributed by atoms with van der Waals surface area (Å²) < 4.78 is 11.3. The highest BCUT2D eigenvalue weighted by Gasteiger charge is 2.32. The summed E-state index contributed by atoms with van der Waals surface area (Å²) in [6.07, 6.45) is 4.03. The van der Waals surface area contributed by atoms with E-state index in [0.29, 0.717) is 11.2 Å². The van der Waals surface area contributed by atoms with Crippen molar-refractivity contribution in [2.24, 2.45) is 0 Å². The summed E-state index contributed by atoms with van der Waals surface area (Å²) in [6.45, 7) is 4.71. The van der Waals surface area contributed by atoms with Crippen LogP contribution in [0.3, 0.4) is 0 Å². The zero-order valence-corrected chi connectivity index (χ0v) is 13.3. The molecule has 1 N–H and O–H groups in total. The van der Waals surface area contributed by atoms with Crippen molar-refractivity contribution in [3.63, 3.8) is 0 Å². The summed E-state index contributed by atoms with van der Waals surface area (Å²) in [7, 11) is 2.17. The van der Waals surface area contributed by atoms with E-state index < -0.39 is 0 Å². The molecule has 0 saturated carbocycles. The number of H-pyrrole nitrogens is 1. The molecule has 6 nitrogen and oxygen atoms in total. The van der Waals surface area contributed by atoms with Crippen LogP contribution in [0.25, 0.3) is 0 Å². The van der Waals surface area contributed by atoms with Gasteiger partial charge in [0.25, 0.3) is 0 Å². The first-order chi connectivity index (χ1) is 10.3. The van der Waals surface area contributed by atoms with Crippen LogP contribution >= 0.6 is 11.8 Å². The molecule has 2 saturated heterocycles. The lowest BCUT2D eigenvalue weighted by molar-refractivity contribution is 0.0747. The SMILES string of the molecule is CN(CCSC1CCOC1)C[C@@H]1OCC[C@@H]1c1ncn[nH]1. The first-order valence-electron chi connectivity index (χ1n) is 7.67. The average Bonchev–Trinajstić information content (AvgIpc) is 3.20. The highest BCUT2D eigenvalue weighted by atomic mass is 32.2. The molecule has 3 atom stereocenters.